The summed E-state index contributed by atoms with van der Waals surface area (Å²) in [4.78, 5) is 0. The molecule has 0 bridgehead atoms. The van der Waals surface area contributed by atoms with Crippen molar-refractivity contribution < 1.29 is 19.0 Å². The number of phenols is 1. The Hall–Kier alpha value is -2.51. The molecule has 2 rings (SSSR count). The highest BCUT2D eigenvalue weighted by atomic mass is 19.1. The van der Waals surface area contributed by atoms with Gasteiger partial charge in [-0.1, -0.05) is 24.0 Å². The van der Waals surface area contributed by atoms with Gasteiger partial charge in [0, 0.05) is 5.56 Å². The lowest BCUT2D eigenvalue weighted by Crippen LogP contribution is -1.93. The Kier molecular flexibility index (Phi) is 5.19. The lowest BCUT2D eigenvalue weighted by Gasteiger charge is -2.02. The largest absolute Gasteiger partial charge is 0.505 e. The lowest BCUT2D eigenvalue weighted by molar-refractivity contribution is 0.153. The number of rotatable bonds is 4. The minimum Gasteiger partial charge on any atom is -0.505 e. The zero-order chi connectivity index (χ0) is 15.1. The molecule has 0 amide bonds. The van der Waals surface area contributed by atoms with Crippen LogP contribution >= 0.6 is 0 Å². The highest BCUT2D eigenvalue weighted by Gasteiger charge is 1.98. The summed E-state index contributed by atoms with van der Waals surface area (Å²) in [6, 6.07) is 11.6. The Bertz CT molecular complexity index is 654. The molecule has 0 unspecified atom stereocenters. The van der Waals surface area contributed by atoms with Crippen molar-refractivity contribution >= 4 is 0 Å². The number of hydrogen-bond donors (Lipinski definition) is 1. The predicted molar refractivity (Wildman–Crippen MR) is 77.6 cm³/mol. The average molecular weight is 286 g/mol. The molecule has 0 saturated carbocycles. The van der Waals surface area contributed by atoms with Crippen molar-refractivity contribution in [1.29, 1.82) is 0 Å². The monoisotopic (exact) mass is 286 g/mol. The van der Waals surface area contributed by atoms with Gasteiger partial charge in [0.1, 0.15) is 12.4 Å². The first-order chi connectivity index (χ1) is 10.2. The van der Waals surface area contributed by atoms with Crippen molar-refractivity contribution in [3.05, 3.63) is 59.4 Å². The van der Waals surface area contributed by atoms with Crippen molar-refractivity contribution in [2.24, 2.45) is 0 Å². The van der Waals surface area contributed by atoms with Crippen LogP contribution in [0.2, 0.25) is 0 Å². The van der Waals surface area contributed by atoms with E-state index in [1.54, 1.807) is 13.2 Å². The van der Waals surface area contributed by atoms with Gasteiger partial charge in [-0.3, -0.25) is 0 Å². The van der Waals surface area contributed by atoms with Gasteiger partial charge in [0.2, 0.25) is 0 Å². The van der Waals surface area contributed by atoms with E-state index < -0.39 is 5.82 Å². The SMILES string of the molecule is COc1ccc(COCC#Cc2ccc(O)c(F)c2)cc1. The molecule has 0 aliphatic carbocycles. The molecule has 0 radical (unpaired) electrons. The normalized spacial score (nSPS) is 9.81. The number of halogens is 1. The molecule has 0 heterocycles. The highest BCUT2D eigenvalue weighted by Crippen LogP contribution is 2.15. The third-order valence-corrected chi connectivity index (χ3v) is 2.78. The number of hydrogen-bond acceptors (Lipinski definition) is 3. The van der Waals surface area contributed by atoms with Gasteiger partial charge in [-0.25, -0.2) is 4.39 Å². The maximum atomic E-state index is 13.1. The van der Waals surface area contributed by atoms with E-state index in [4.69, 9.17) is 14.6 Å². The predicted octanol–water partition coefficient (Wildman–Crippen LogP) is 3.11. The second-order valence-electron chi connectivity index (χ2n) is 4.31. The van der Waals surface area contributed by atoms with Gasteiger partial charge >= 0.3 is 0 Å². The summed E-state index contributed by atoms with van der Waals surface area (Å²) in [5.41, 5.74) is 1.52. The minimum atomic E-state index is -0.680. The van der Waals surface area contributed by atoms with Crippen molar-refractivity contribution in [2.75, 3.05) is 13.7 Å². The topological polar surface area (TPSA) is 38.7 Å². The van der Waals surface area contributed by atoms with Gasteiger partial charge in [0.05, 0.1) is 13.7 Å². The Labute approximate surface area is 122 Å². The van der Waals surface area contributed by atoms with E-state index in [1.807, 2.05) is 24.3 Å². The van der Waals surface area contributed by atoms with Crippen LogP contribution in [-0.4, -0.2) is 18.8 Å². The molecule has 21 heavy (non-hydrogen) atoms. The smallest absolute Gasteiger partial charge is 0.166 e. The van der Waals surface area contributed by atoms with Gasteiger partial charge in [0.15, 0.2) is 11.6 Å². The first-order valence-corrected chi connectivity index (χ1v) is 6.37. The third kappa shape index (κ3) is 4.51. The number of methoxy groups -OCH3 is 1. The van der Waals surface area contributed by atoms with Crippen molar-refractivity contribution in [3.63, 3.8) is 0 Å². The van der Waals surface area contributed by atoms with E-state index >= 15 is 0 Å². The van der Waals surface area contributed by atoms with Crippen LogP contribution in [-0.2, 0) is 11.3 Å². The van der Waals surface area contributed by atoms with Crippen LogP contribution in [0, 0.1) is 17.7 Å². The third-order valence-electron chi connectivity index (χ3n) is 2.78. The van der Waals surface area contributed by atoms with E-state index in [0.29, 0.717) is 12.2 Å². The Morgan fingerprint density at radius 2 is 1.90 bits per heavy atom. The quantitative estimate of drug-likeness (QED) is 0.693. The first-order valence-electron chi connectivity index (χ1n) is 6.37. The molecule has 108 valence electrons. The molecule has 0 saturated heterocycles. The maximum absolute atomic E-state index is 13.1. The molecular formula is C17H15FO3. The number of phenolic OH excluding ortho intramolecular Hbond substituents is 1. The fraction of sp³-hybridized carbons (Fsp3) is 0.176. The van der Waals surface area contributed by atoms with Crippen LogP contribution in [0.25, 0.3) is 0 Å². The molecule has 0 atom stereocenters. The molecule has 0 aliphatic rings. The summed E-state index contributed by atoms with van der Waals surface area (Å²) in [6.45, 7) is 0.692. The van der Waals surface area contributed by atoms with Gasteiger partial charge in [-0.15, -0.1) is 0 Å². The summed E-state index contributed by atoms with van der Waals surface area (Å²) in [5.74, 6) is 5.31. The van der Waals surface area contributed by atoms with E-state index in [1.165, 1.54) is 12.1 Å². The summed E-state index contributed by atoms with van der Waals surface area (Å²) in [5, 5.41) is 9.06. The number of aromatic hydroxyl groups is 1. The molecule has 2 aromatic carbocycles. The second kappa shape index (κ2) is 7.32. The fourth-order valence-electron chi connectivity index (χ4n) is 1.66. The molecule has 1 N–H and O–H groups in total. The van der Waals surface area contributed by atoms with Crippen LogP contribution in [0.15, 0.2) is 42.5 Å². The number of benzene rings is 2. The Morgan fingerprint density at radius 3 is 2.57 bits per heavy atom. The lowest BCUT2D eigenvalue weighted by atomic mass is 10.2. The van der Waals surface area contributed by atoms with Gasteiger partial charge in [0.25, 0.3) is 0 Å². The summed E-state index contributed by atoms with van der Waals surface area (Å²) < 4.78 is 23.6. The molecule has 0 aromatic heterocycles. The first kappa shape index (κ1) is 14.9. The molecule has 0 spiro atoms. The van der Waals surface area contributed by atoms with Crippen LogP contribution in [0.5, 0.6) is 11.5 Å². The molecule has 4 heteroatoms. The number of ether oxygens (including phenoxy) is 2. The van der Waals surface area contributed by atoms with Gasteiger partial charge < -0.3 is 14.6 Å². The molecule has 3 nitrogen and oxygen atoms in total. The van der Waals surface area contributed by atoms with Crippen molar-refractivity contribution in [1.82, 2.24) is 0 Å². The van der Waals surface area contributed by atoms with Gasteiger partial charge in [-0.2, -0.15) is 0 Å². The van der Waals surface area contributed by atoms with Crippen LogP contribution in [0.3, 0.4) is 0 Å². The van der Waals surface area contributed by atoms with Crippen molar-refractivity contribution in [2.45, 2.75) is 6.61 Å². The summed E-state index contributed by atoms with van der Waals surface area (Å²) in [7, 11) is 1.62. The standard InChI is InChI=1S/C17H15FO3/c1-20-15-7-4-14(5-8-15)12-21-10-2-3-13-6-9-17(19)16(18)11-13/h4-9,11,19H,10,12H2,1H3. The van der Waals surface area contributed by atoms with E-state index in [2.05, 4.69) is 11.8 Å². The van der Waals surface area contributed by atoms with E-state index in [9.17, 15) is 4.39 Å². The Balaban J connectivity index is 1.81. The van der Waals surface area contributed by atoms with Crippen LogP contribution < -0.4 is 4.74 Å². The van der Waals surface area contributed by atoms with Crippen LogP contribution in [0.4, 0.5) is 4.39 Å². The van der Waals surface area contributed by atoms with E-state index in [0.717, 1.165) is 11.3 Å². The minimum absolute atomic E-state index is 0.245. The van der Waals surface area contributed by atoms with Crippen LogP contribution in [0.1, 0.15) is 11.1 Å². The highest BCUT2D eigenvalue weighted by molar-refractivity contribution is 5.38. The summed E-state index contributed by atoms with van der Waals surface area (Å²) in [6.07, 6.45) is 0. The fourth-order valence-corrected chi connectivity index (χ4v) is 1.66. The maximum Gasteiger partial charge on any atom is 0.166 e. The Morgan fingerprint density at radius 1 is 1.14 bits per heavy atom. The van der Waals surface area contributed by atoms with E-state index in [-0.39, 0.29) is 12.4 Å². The summed E-state index contributed by atoms with van der Waals surface area (Å²) >= 11 is 0. The van der Waals surface area contributed by atoms with Crippen molar-refractivity contribution in [3.8, 4) is 23.3 Å². The molecule has 0 fully saturated rings. The zero-order valence-corrected chi connectivity index (χ0v) is 11.6. The molecule has 2 aromatic rings. The molecular weight excluding hydrogens is 271 g/mol. The average Bonchev–Trinajstić information content (AvgIpc) is 2.51. The zero-order valence-electron chi connectivity index (χ0n) is 11.6. The molecule has 0 aliphatic heterocycles. The van der Waals surface area contributed by atoms with Gasteiger partial charge in [-0.05, 0) is 35.9 Å². The second-order valence-corrected chi connectivity index (χ2v) is 4.31.